The van der Waals surface area contributed by atoms with Crippen LogP contribution >= 0.6 is 0 Å². The molecule has 1 aromatic carbocycles. The number of rotatable bonds is 5. The standard InChI is InChI=1S/C18H17N3O3/c1-11(22)12-5-7-13(8-6-12)19-17(23)15-3-2-4-16(21-15)18(24)20-14-9-10-14/h2-8,14H,9-10H2,1H3,(H,19,23)(H,20,24). The summed E-state index contributed by atoms with van der Waals surface area (Å²) in [6.07, 6.45) is 1.98. The number of hydrogen-bond donors (Lipinski definition) is 2. The molecule has 0 spiro atoms. The molecular formula is C18H17N3O3. The Morgan fingerprint density at radius 1 is 0.958 bits per heavy atom. The number of ketones is 1. The van der Waals surface area contributed by atoms with Crippen molar-refractivity contribution in [2.45, 2.75) is 25.8 Å². The second-order valence-electron chi connectivity index (χ2n) is 5.74. The van der Waals surface area contributed by atoms with Gasteiger partial charge in [-0.05, 0) is 56.2 Å². The second-order valence-corrected chi connectivity index (χ2v) is 5.74. The molecule has 2 aromatic rings. The Morgan fingerprint density at radius 2 is 1.58 bits per heavy atom. The first-order valence-corrected chi connectivity index (χ1v) is 7.73. The van der Waals surface area contributed by atoms with E-state index in [-0.39, 0.29) is 29.1 Å². The summed E-state index contributed by atoms with van der Waals surface area (Å²) in [5.41, 5.74) is 1.51. The van der Waals surface area contributed by atoms with Crippen LogP contribution in [0.1, 0.15) is 51.1 Å². The van der Waals surface area contributed by atoms with E-state index in [0.29, 0.717) is 11.3 Å². The molecule has 6 heteroatoms. The highest BCUT2D eigenvalue weighted by molar-refractivity contribution is 6.04. The molecule has 1 aromatic heterocycles. The fourth-order valence-electron chi connectivity index (χ4n) is 2.16. The normalized spacial score (nSPS) is 13.2. The molecule has 0 atom stereocenters. The van der Waals surface area contributed by atoms with Crippen LogP contribution < -0.4 is 10.6 Å². The van der Waals surface area contributed by atoms with Crippen molar-refractivity contribution in [3.8, 4) is 0 Å². The highest BCUT2D eigenvalue weighted by Gasteiger charge is 2.24. The lowest BCUT2D eigenvalue weighted by Crippen LogP contribution is -2.27. The largest absolute Gasteiger partial charge is 0.348 e. The van der Waals surface area contributed by atoms with Gasteiger partial charge in [-0.1, -0.05) is 6.07 Å². The van der Waals surface area contributed by atoms with Crippen LogP contribution in [0.4, 0.5) is 5.69 Å². The third kappa shape index (κ3) is 3.84. The van der Waals surface area contributed by atoms with Crippen LogP contribution in [0, 0.1) is 0 Å². The van der Waals surface area contributed by atoms with E-state index >= 15 is 0 Å². The monoisotopic (exact) mass is 323 g/mol. The molecule has 0 aliphatic heterocycles. The molecule has 1 aliphatic rings. The van der Waals surface area contributed by atoms with Crippen molar-refractivity contribution in [1.29, 1.82) is 0 Å². The van der Waals surface area contributed by atoms with Gasteiger partial charge < -0.3 is 10.6 Å². The SMILES string of the molecule is CC(=O)c1ccc(NC(=O)c2cccc(C(=O)NC3CC3)n2)cc1. The topological polar surface area (TPSA) is 88.2 Å². The third-order valence-corrected chi connectivity index (χ3v) is 3.68. The molecule has 0 bridgehead atoms. The Balaban J connectivity index is 1.70. The van der Waals surface area contributed by atoms with E-state index in [0.717, 1.165) is 12.8 Å². The van der Waals surface area contributed by atoms with Crippen molar-refractivity contribution in [1.82, 2.24) is 10.3 Å². The van der Waals surface area contributed by atoms with E-state index in [1.807, 2.05) is 0 Å². The van der Waals surface area contributed by atoms with Crippen LogP contribution in [0.25, 0.3) is 0 Å². The molecule has 122 valence electrons. The molecule has 2 amide bonds. The first kappa shape index (κ1) is 15.9. The summed E-state index contributed by atoms with van der Waals surface area (Å²) < 4.78 is 0. The van der Waals surface area contributed by atoms with Crippen molar-refractivity contribution in [3.63, 3.8) is 0 Å². The summed E-state index contributed by atoms with van der Waals surface area (Å²) >= 11 is 0. The van der Waals surface area contributed by atoms with Gasteiger partial charge >= 0.3 is 0 Å². The minimum atomic E-state index is -0.411. The molecule has 0 radical (unpaired) electrons. The summed E-state index contributed by atoms with van der Waals surface area (Å²) in [7, 11) is 0. The summed E-state index contributed by atoms with van der Waals surface area (Å²) in [5.74, 6) is -0.714. The van der Waals surface area contributed by atoms with Crippen LogP contribution in [0.5, 0.6) is 0 Å². The predicted octanol–water partition coefficient (Wildman–Crippen LogP) is 2.43. The zero-order valence-corrected chi connectivity index (χ0v) is 13.2. The molecule has 1 fully saturated rings. The molecule has 0 unspecified atom stereocenters. The first-order chi connectivity index (χ1) is 11.5. The zero-order chi connectivity index (χ0) is 17.1. The van der Waals surface area contributed by atoms with Crippen molar-refractivity contribution in [2.75, 3.05) is 5.32 Å². The maximum atomic E-state index is 12.3. The molecule has 1 saturated carbocycles. The number of hydrogen-bond acceptors (Lipinski definition) is 4. The van der Waals surface area contributed by atoms with Crippen molar-refractivity contribution in [3.05, 3.63) is 59.4 Å². The summed E-state index contributed by atoms with van der Waals surface area (Å²) in [4.78, 5) is 39.6. The lowest BCUT2D eigenvalue weighted by Gasteiger charge is -2.07. The molecule has 1 aliphatic carbocycles. The minimum absolute atomic E-state index is 0.0380. The number of amides is 2. The number of nitrogens with zero attached hydrogens (tertiary/aromatic N) is 1. The van der Waals surface area contributed by atoms with Gasteiger partial charge in [-0.3, -0.25) is 14.4 Å². The Bertz CT molecular complexity index is 795. The average Bonchev–Trinajstić information content (AvgIpc) is 3.39. The molecule has 1 heterocycles. The maximum Gasteiger partial charge on any atom is 0.274 e. The van der Waals surface area contributed by atoms with Crippen molar-refractivity contribution in [2.24, 2.45) is 0 Å². The number of carbonyl (C=O) groups is 3. The highest BCUT2D eigenvalue weighted by Crippen LogP contribution is 2.19. The van der Waals surface area contributed by atoms with Gasteiger partial charge in [0.1, 0.15) is 11.4 Å². The molecule has 6 nitrogen and oxygen atoms in total. The van der Waals surface area contributed by atoms with Crippen LogP contribution in [0.15, 0.2) is 42.5 Å². The van der Waals surface area contributed by atoms with E-state index in [1.165, 1.54) is 6.92 Å². The van der Waals surface area contributed by atoms with Crippen LogP contribution in [0.2, 0.25) is 0 Å². The predicted molar refractivity (Wildman–Crippen MR) is 89.1 cm³/mol. The molecular weight excluding hydrogens is 306 g/mol. The fraction of sp³-hybridized carbons (Fsp3) is 0.222. The summed E-state index contributed by atoms with van der Waals surface area (Å²) in [6, 6.07) is 11.6. The van der Waals surface area contributed by atoms with E-state index in [9.17, 15) is 14.4 Å². The van der Waals surface area contributed by atoms with Crippen LogP contribution in [0.3, 0.4) is 0 Å². The van der Waals surface area contributed by atoms with E-state index in [2.05, 4.69) is 15.6 Å². The minimum Gasteiger partial charge on any atom is -0.348 e. The smallest absolute Gasteiger partial charge is 0.274 e. The van der Waals surface area contributed by atoms with Gasteiger partial charge in [-0.2, -0.15) is 0 Å². The van der Waals surface area contributed by atoms with Crippen molar-refractivity contribution >= 4 is 23.3 Å². The third-order valence-electron chi connectivity index (χ3n) is 3.68. The average molecular weight is 323 g/mol. The molecule has 2 N–H and O–H groups in total. The number of pyridine rings is 1. The number of carbonyl (C=O) groups excluding carboxylic acids is 3. The van der Waals surface area contributed by atoms with Gasteiger partial charge in [-0.15, -0.1) is 0 Å². The Morgan fingerprint density at radius 3 is 2.17 bits per heavy atom. The second kappa shape index (κ2) is 6.62. The van der Waals surface area contributed by atoms with E-state index in [1.54, 1.807) is 42.5 Å². The Labute approximate surface area is 139 Å². The zero-order valence-electron chi connectivity index (χ0n) is 13.2. The lowest BCUT2D eigenvalue weighted by molar-refractivity contribution is 0.0945. The number of aromatic nitrogens is 1. The van der Waals surface area contributed by atoms with Crippen molar-refractivity contribution < 1.29 is 14.4 Å². The van der Waals surface area contributed by atoms with Gasteiger partial charge in [0.25, 0.3) is 11.8 Å². The van der Waals surface area contributed by atoms with E-state index in [4.69, 9.17) is 0 Å². The van der Waals surface area contributed by atoms with E-state index < -0.39 is 5.91 Å². The fourth-order valence-corrected chi connectivity index (χ4v) is 2.16. The van der Waals surface area contributed by atoms with Crippen LogP contribution in [-0.4, -0.2) is 28.6 Å². The maximum absolute atomic E-state index is 12.3. The van der Waals surface area contributed by atoms with Gasteiger partial charge in [0.05, 0.1) is 0 Å². The number of Topliss-reactive ketones (excluding diaryl/α,β-unsaturated/α-hetero) is 1. The molecule has 3 rings (SSSR count). The Kier molecular flexibility index (Phi) is 4.37. The number of benzene rings is 1. The molecule has 0 saturated heterocycles. The summed E-state index contributed by atoms with van der Waals surface area (Å²) in [5, 5.41) is 5.54. The quantitative estimate of drug-likeness (QED) is 0.827. The highest BCUT2D eigenvalue weighted by atomic mass is 16.2. The lowest BCUT2D eigenvalue weighted by atomic mass is 10.1. The first-order valence-electron chi connectivity index (χ1n) is 7.73. The number of nitrogens with one attached hydrogen (secondary N) is 2. The van der Waals surface area contributed by atoms with Gasteiger partial charge in [-0.25, -0.2) is 4.98 Å². The van der Waals surface area contributed by atoms with Gasteiger partial charge in [0.15, 0.2) is 5.78 Å². The van der Waals surface area contributed by atoms with Gasteiger partial charge in [0.2, 0.25) is 0 Å². The van der Waals surface area contributed by atoms with Gasteiger partial charge in [0, 0.05) is 17.3 Å². The molecule has 24 heavy (non-hydrogen) atoms. The number of anilines is 1. The summed E-state index contributed by atoms with van der Waals surface area (Å²) in [6.45, 7) is 1.48. The Hall–Kier alpha value is -3.02. The van der Waals surface area contributed by atoms with Crippen LogP contribution in [-0.2, 0) is 0 Å².